The molecule has 4 amide bonds. The van der Waals surface area contributed by atoms with Gasteiger partial charge in [-0.3, -0.25) is 14.5 Å². The molecule has 3 aliphatic rings. The standard InChI is InChI=1S/C20H25N3O5/c1-13-6-4-5-9-20(13)18(25)23(19(26)22-20)11-17(24)21-10-14-12-27-15-7-2-3-8-16(15)28-14/h2-3,7-8,13-14H,4-6,9-12H2,1H3,(H,21,24)(H,22,26)/t13-,14-,20-/m1/s1. The van der Waals surface area contributed by atoms with Gasteiger partial charge in [0.15, 0.2) is 11.5 Å². The highest BCUT2D eigenvalue weighted by atomic mass is 16.6. The molecule has 2 heterocycles. The van der Waals surface area contributed by atoms with E-state index in [4.69, 9.17) is 9.47 Å². The zero-order valence-corrected chi connectivity index (χ0v) is 15.9. The van der Waals surface area contributed by atoms with Gasteiger partial charge in [0.2, 0.25) is 5.91 Å². The Bertz CT molecular complexity index is 798. The van der Waals surface area contributed by atoms with Crippen molar-refractivity contribution in [1.82, 2.24) is 15.5 Å². The Hall–Kier alpha value is -2.77. The summed E-state index contributed by atoms with van der Waals surface area (Å²) < 4.78 is 11.4. The van der Waals surface area contributed by atoms with E-state index < -0.39 is 17.5 Å². The Balaban J connectivity index is 1.32. The number of para-hydroxylation sites is 2. The molecule has 0 aromatic heterocycles. The van der Waals surface area contributed by atoms with E-state index >= 15 is 0 Å². The van der Waals surface area contributed by atoms with Crippen molar-refractivity contribution >= 4 is 17.8 Å². The first-order chi connectivity index (χ1) is 13.5. The average molecular weight is 387 g/mol. The molecule has 1 aliphatic carbocycles. The van der Waals surface area contributed by atoms with Crippen LogP contribution in [0.1, 0.15) is 32.6 Å². The summed E-state index contributed by atoms with van der Waals surface area (Å²) in [5.74, 6) is 0.697. The summed E-state index contributed by atoms with van der Waals surface area (Å²) in [7, 11) is 0. The van der Waals surface area contributed by atoms with Crippen molar-refractivity contribution in [2.45, 2.75) is 44.2 Å². The summed E-state index contributed by atoms with van der Waals surface area (Å²) in [6.45, 7) is 2.25. The van der Waals surface area contributed by atoms with E-state index in [0.29, 0.717) is 24.5 Å². The molecule has 2 fully saturated rings. The minimum atomic E-state index is -0.848. The van der Waals surface area contributed by atoms with Crippen LogP contribution in [-0.4, -0.2) is 54.1 Å². The number of ether oxygens (including phenoxy) is 2. The lowest BCUT2D eigenvalue weighted by Gasteiger charge is -2.36. The second-order valence-corrected chi connectivity index (χ2v) is 7.74. The number of hydrogen-bond acceptors (Lipinski definition) is 5. The van der Waals surface area contributed by atoms with Crippen molar-refractivity contribution < 1.29 is 23.9 Å². The molecule has 1 saturated carbocycles. The fraction of sp³-hybridized carbons (Fsp3) is 0.550. The first-order valence-corrected chi connectivity index (χ1v) is 9.79. The van der Waals surface area contributed by atoms with E-state index in [1.165, 1.54) is 0 Å². The number of fused-ring (bicyclic) bond motifs is 1. The number of carbonyl (C=O) groups is 3. The number of rotatable bonds is 4. The Labute approximate surface area is 163 Å². The van der Waals surface area contributed by atoms with Crippen molar-refractivity contribution in [1.29, 1.82) is 0 Å². The number of nitrogens with one attached hydrogen (secondary N) is 2. The molecule has 1 spiro atoms. The zero-order valence-electron chi connectivity index (χ0n) is 15.9. The minimum Gasteiger partial charge on any atom is -0.486 e. The van der Waals surface area contributed by atoms with Crippen LogP contribution in [0.5, 0.6) is 11.5 Å². The molecule has 1 aromatic rings. The SMILES string of the molecule is C[C@@H]1CCCC[C@@]12NC(=O)N(CC(=O)NC[C@@H]1COc3ccccc3O1)C2=O. The molecule has 3 atom stereocenters. The molecule has 150 valence electrons. The highest BCUT2D eigenvalue weighted by Crippen LogP contribution is 2.38. The fourth-order valence-corrected chi connectivity index (χ4v) is 4.23. The molecule has 1 saturated heterocycles. The highest BCUT2D eigenvalue weighted by Gasteiger charge is 2.55. The molecular weight excluding hydrogens is 362 g/mol. The van der Waals surface area contributed by atoms with Crippen LogP contribution in [0.3, 0.4) is 0 Å². The highest BCUT2D eigenvalue weighted by molar-refractivity contribution is 6.09. The number of urea groups is 1. The van der Waals surface area contributed by atoms with Crippen LogP contribution in [0.25, 0.3) is 0 Å². The van der Waals surface area contributed by atoms with Crippen molar-refractivity contribution in [2.24, 2.45) is 5.92 Å². The van der Waals surface area contributed by atoms with E-state index in [9.17, 15) is 14.4 Å². The summed E-state index contributed by atoms with van der Waals surface area (Å²) >= 11 is 0. The Kier molecular flexibility index (Phi) is 4.87. The normalized spacial score (nSPS) is 29.0. The summed E-state index contributed by atoms with van der Waals surface area (Å²) in [5, 5.41) is 5.59. The molecule has 1 aromatic carbocycles. The summed E-state index contributed by atoms with van der Waals surface area (Å²) in [6.07, 6.45) is 3.15. The van der Waals surface area contributed by atoms with E-state index in [2.05, 4.69) is 10.6 Å². The molecule has 8 heteroatoms. The fourth-order valence-electron chi connectivity index (χ4n) is 4.23. The lowest BCUT2D eigenvalue weighted by Crippen LogP contribution is -2.54. The molecule has 0 unspecified atom stereocenters. The number of carbonyl (C=O) groups excluding carboxylic acids is 3. The Morgan fingerprint density at radius 3 is 2.86 bits per heavy atom. The van der Waals surface area contributed by atoms with Crippen LogP contribution < -0.4 is 20.1 Å². The molecule has 28 heavy (non-hydrogen) atoms. The first-order valence-electron chi connectivity index (χ1n) is 9.79. The summed E-state index contributed by atoms with van der Waals surface area (Å²) in [6, 6.07) is 6.86. The third kappa shape index (κ3) is 3.27. The molecular formula is C20H25N3O5. The second-order valence-electron chi connectivity index (χ2n) is 7.74. The quantitative estimate of drug-likeness (QED) is 0.762. The van der Waals surface area contributed by atoms with Gasteiger partial charge in [0.1, 0.15) is 24.8 Å². The van der Waals surface area contributed by atoms with Crippen LogP contribution in [0.15, 0.2) is 24.3 Å². The van der Waals surface area contributed by atoms with Crippen molar-refractivity contribution in [2.75, 3.05) is 19.7 Å². The predicted octanol–water partition coefficient (Wildman–Crippen LogP) is 1.44. The number of nitrogens with zero attached hydrogens (tertiary/aromatic N) is 1. The molecule has 2 aliphatic heterocycles. The third-order valence-corrected chi connectivity index (χ3v) is 5.90. The molecule has 2 N–H and O–H groups in total. The van der Waals surface area contributed by atoms with E-state index in [-0.39, 0.29) is 31.0 Å². The molecule has 0 bridgehead atoms. The lowest BCUT2D eigenvalue weighted by atomic mass is 9.73. The van der Waals surface area contributed by atoms with Gasteiger partial charge in [-0.25, -0.2) is 4.79 Å². The topological polar surface area (TPSA) is 97.0 Å². The molecule has 4 rings (SSSR count). The zero-order chi connectivity index (χ0) is 19.7. The van der Waals surface area contributed by atoms with Gasteiger partial charge in [-0.05, 0) is 30.9 Å². The second kappa shape index (κ2) is 7.33. The summed E-state index contributed by atoms with van der Waals surface area (Å²) in [4.78, 5) is 38.6. The van der Waals surface area contributed by atoms with Gasteiger partial charge in [-0.15, -0.1) is 0 Å². The van der Waals surface area contributed by atoms with Gasteiger partial charge >= 0.3 is 6.03 Å². The van der Waals surface area contributed by atoms with Gasteiger partial charge in [0.25, 0.3) is 5.91 Å². The molecule has 8 nitrogen and oxygen atoms in total. The smallest absolute Gasteiger partial charge is 0.325 e. The summed E-state index contributed by atoms with van der Waals surface area (Å²) in [5.41, 5.74) is -0.848. The third-order valence-electron chi connectivity index (χ3n) is 5.90. The maximum absolute atomic E-state index is 12.9. The largest absolute Gasteiger partial charge is 0.486 e. The first kappa shape index (κ1) is 18.6. The average Bonchev–Trinajstić information content (AvgIpc) is 2.93. The maximum atomic E-state index is 12.9. The number of benzene rings is 1. The van der Waals surface area contributed by atoms with Gasteiger partial charge < -0.3 is 20.1 Å². The Morgan fingerprint density at radius 1 is 1.29 bits per heavy atom. The lowest BCUT2D eigenvalue weighted by molar-refractivity contribution is -0.137. The molecule has 0 radical (unpaired) electrons. The van der Waals surface area contributed by atoms with Gasteiger partial charge in [0, 0.05) is 0 Å². The maximum Gasteiger partial charge on any atom is 0.325 e. The van der Waals surface area contributed by atoms with Crippen LogP contribution in [0.2, 0.25) is 0 Å². The predicted molar refractivity (Wildman–Crippen MR) is 100.0 cm³/mol. The van der Waals surface area contributed by atoms with Crippen LogP contribution in [0.4, 0.5) is 4.79 Å². The Morgan fingerprint density at radius 2 is 2.07 bits per heavy atom. The van der Waals surface area contributed by atoms with E-state index in [1.54, 1.807) is 6.07 Å². The monoisotopic (exact) mass is 387 g/mol. The number of hydrogen-bond donors (Lipinski definition) is 2. The minimum absolute atomic E-state index is 0.0682. The van der Waals surface area contributed by atoms with Gasteiger partial charge in [0.05, 0.1) is 6.54 Å². The van der Waals surface area contributed by atoms with Crippen molar-refractivity contribution in [3.05, 3.63) is 24.3 Å². The van der Waals surface area contributed by atoms with Crippen molar-refractivity contribution in [3.8, 4) is 11.5 Å². The van der Waals surface area contributed by atoms with Gasteiger partial charge in [-0.1, -0.05) is 31.9 Å². The van der Waals surface area contributed by atoms with Crippen LogP contribution in [0, 0.1) is 5.92 Å². The van der Waals surface area contributed by atoms with E-state index in [0.717, 1.165) is 24.2 Å². The van der Waals surface area contributed by atoms with Crippen molar-refractivity contribution in [3.63, 3.8) is 0 Å². The number of imide groups is 1. The van der Waals surface area contributed by atoms with E-state index in [1.807, 2.05) is 25.1 Å². The van der Waals surface area contributed by atoms with Crippen LogP contribution in [-0.2, 0) is 9.59 Å². The van der Waals surface area contributed by atoms with Crippen LogP contribution >= 0.6 is 0 Å². The number of amides is 4. The van der Waals surface area contributed by atoms with Gasteiger partial charge in [-0.2, -0.15) is 0 Å².